The highest BCUT2D eigenvalue weighted by atomic mass is 32.1. The topological polar surface area (TPSA) is 55.0 Å². The minimum absolute atomic E-state index is 0.552. The van der Waals surface area contributed by atoms with Gasteiger partial charge >= 0.3 is 0 Å². The van der Waals surface area contributed by atoms with Crippen LogP contribution in [0.4, 0.5) is 10.8 Å². The van der Waals surface area contributed by atoms with Gasteiger partial charge in [-0.25, -0.2) is 0 Å². The minimum Gasteiger partial charge on any atom is -0.326 e. The lowest BCUT2D eigenvalue weighted by Gasteiger charge is -2.15. The lowest BCUT2D eigenvalue weighted by Crippen LogP contribution is -2.09. The van der Waals surface area contributed by atoms with E-state index in [-0.39, 0.29) is 0 Å². The Morgan fingerprint density at radius 3 is 2.81 bits per heavy atom. The van der Waals surface area contributed by atoms with Crippen LogP contribution in [0.2, 0.25) is 0 Å². The zero-order valence-electron chi connectivity index (χ0n) is 9.34. The number of anilines is 2. The summed E-state index contributed by atoms with van der Waals surface area (Å²) in [7, 11) is 1.98. The van der Waals surface area contributed by atoms with Crippen LogP contribution in [-0.4, -0.2) is 17.2 Å². The molecule has 1 aromatic heterocycles. The van der Waals surface area contributed by atoms with Crippen molar-refractivity contribution in [3.05, 3.63) is 34.8 Å². The largest absolute Gasteiger partial charge is 0.326 e. The number of rotatable bonds is 3. The molecule has 4 nitrogen and oxygen atoms in total. The van der Waals surface area contributed by atoms with Crippen molar-refractivity contribution in [2.75, 3.05) is 11.9 Å². The fourth-order valence-corrected chi connectivity index (χ4v) is 2.09. The first kappa shape index (κ1) is 11.0. The Hall–Kier alpha value is -1.46. The third kappa shape index (κ3) is 2.20. The summed E-state index contributed by atoms with van der Waals surface area (Å²) in [5.41, 5.74) is 7.82. The molecule has 0 saturated heterocycles. The number of aryl methyl sites for hydroxylation is 1. The Bertz CT molecular complexity index is 480. The molecule has 2 N–H and O–H groups in total. The first-order valence-corrected chi connectivity index (χ1v) is 5.85. The molecule has 0 aliphatic heterocycles. The first-order valence-electron chi connectivity index (χ1n) is 5.03. The summed E-state index contributed by atoms with van der Waals surface area (Å²) in [5.74, 6) is 0. The molecular weight excluding hydrogens is 220 g/mol. The number of nitrogens with two attached hydrogens (primary N) is 1. The first-order chi connectivity index (χ1) is 7.70. The molecule has 0 saturated carbocycles. The molecule has 0 radical (unpaired) electrons. The summed E-state index contributed by atoms with van der Waals surface area (Å²) in [6.45, 7) is 2.50. The zero-order chi connectivity index (χ0) is 11.5. The molecule has 0 fully saturated rings. The smallest absolute Gasteiger partial charge is 0.212 e. The predicted octanol–water partition coefficient (Wildman–Crippen LogP) is 2.07. The Morgan fingerprint density at radius 2 is 2.19 bits per heavy atom. The number of hydrogen-bond donors (Lipinski definition) is 1. The number of nitrogens with zero attached hydrogens (tertiary/aromatic N) is 3. The Balaban J connectivity index is 2.29. The second-order valence-electron chi connectivity index (χ2n) is 3.54. The lowest BCUT2D eigenvalue weighted by molar-refractivity contribution is 1.01. The lowest BCUT2D eigenvalue weighted by atomic mass is 10.2. The third-order valence-corrected chi connectivity index (χ3v) is 3.25. The van der Waals surface area contributed by atoms with E-state index < -0.39 is 0 Å². The summed E-state index contributed by atoms with van der Waals surface area (Å²) in [5, 5.41) is 9.98. The maximum absolute atomic E-state index is 5.62. The van der Waals surface area contributed by atoms with Crippen molar-refractivity contribution in [1.82, 2.24) is 10.2 Å². The van der Waals surface area contributed by atoms with Gasteiger partial charge in [0.2, 0.25) is 5.13 Å². The van der Waals surface area contributed by atoms with Crippen LogP contribution in [0.5, 0.6) is 0 Å². The van der Waals surface area contributed by atoms with Crippen LogP contribution >= 0.6 is 11.3 Å². The van der Waals surface area contributed by atoms with E-state index in [2.05, 4.69) is 16.3 Å². The second-order valence-corrected chi connectivity index (χ2v) is 4.70. The molecule has 2 rings (SSSR count). The van der Waals surface area contributed by atoms with Crippen LogP contribution in [0, 0.1) is 6.92 Å². The minimum atomic E-state index is 0.552. The quantitative estimate of drug-likeness (QED) is 0.883. The number of hydrogen-bond acceptors (Lipinski definition) is 5. The molecule has 0 aliphatic carbocycles. The molecule has 16 heavy (non-hydrogen) atoms. The van der Waals surface area contributed by atoms with Crippen LogP contribution in [-0.2, 0) is 6.54 Å². The van der Waals surface area contributed by atoms with Crippen molar-refractivity contribution in [2.24, 2.45) is 5.73 Å². The summed E-state index contributed by atoms with van der Waals surface area (Å²) in [6, 6.07) is 8.12. The van der Waals surface area contributed by atoms with Gasteiger partial charge in [-0.3, -0.25) is 0 Å². The molecule has 1 heterocycles. The summed E-state index contributed by atoms with van der Waals surface area (Å²) in [4.78, 5) is 2.02. The van der Waals surface area contributed by atoms with Crippen LogP contribution in [0.1, 0.15) is 10.6 Å². The molecule has 0 bridgehead atoms. The normalized spacial score (nSPS) is 10.4. The van der Waals surface area contributed by atoms with Crippen molar-refractivity contribution in [3.8, 4) is 0 Å². The molecule has 0 aliphatic rings. The average molecular weight is 234 g/mol. The van der Waals surface area contributed by atoms with Crippen molar-refractivity contribution in [3.63, 3.8) is 0 Å². The summed E-state index contributed by atoms with van der Waals surface area (Å²) >= 11 is 1.58. The molecule has 0 unspecified atom stereocenters. The predicted molar refractivity (Wildman–Crippen MR) is 67.0 cm³/mol. The van der Waals surface area contributed by atoms with Gasteiger partial charge in [0.25, 0.3) is 0 Å². The van der Waals surface area contributed by atoms with Gasteiger partial charge in [0, 0.05) is 19.3 Å². The van der Waals surface area contributed by atoms with E-state index in [0.717, 1.165) is 21.4 Å². The van der Waals surface area contributed by atoms with E-state index in [9.17, 15) is 0 Å². The van der Waals surface area contributed by atoms with Gasteiger partial charge < -0.3 is 10.6 Å². The molecule has 84 valence electrons. The van der Waals surface area contributed by atoms with E-state index in [4.69, 9.17) is 5.73 Å². The Morgan fingerprint density at radius 1 is 1.38 bits per heavy atom. The molecule has 0 amide bonds. The molecular formula is C11H14N4S. The van der Waals surface area contributed by atoms with E-state index in [1.54, 1.807) is 11.3 Å². The van der Waals surface area contributed by atoms with Gasteiger partial charge in [-0.15, -0.1) is 10.2 Å². The highest BCUT2D eigenvalue weighted by molar-refractivity contribution is 7.15. The number of aromatic nitrogens is 2. The molecule has 0 atom stereocenters. The second kappa shape index (κ2) is 4.59. The average Bonchev–Trinajstić information content (AvgIpc) is 2.75. The van der Waals surface area contributed by atoms with E-state index in [1.165, 1.54) is 0 Å². The standard InChI is InChI=1S/C11H14N4S/c1-8-13-14-11(16-8)15(2)10-5-3-4-9(6-10)7-12/h3-6H,7,12H2,1-2H3. The summed E-state index contributed by atoms with van der Waals surface area (Å²) in [6.07, 6.45) is 0. The fraction of sp³-hybridized carbons (Fsp3) is 0.273. The van der Waals surface area contributed by atoms with Gasteiger partial charge in [-0.05, 0) is 24.6 Å². The monoisotopic (exact) mass is 234 g/mol. The van der Waals surface area contributed by atoms with Crippen molar-refractivity contribution >= 4 is 22.2 Å². The highest BCUT2D eigenvalue weighted by Crippen LogP contribution is 2.26. The highest BCUT2D eigenvalue weighted by Gasteiger charge is 2.08. The molecule has 5 heteroatoms. The van der Waals surface area contributed by atoms with Crippen LogP contribution in [0.25, 0.3) is 0 Å². The Labute approximate surface area is 98.7 Å². The van der Waals surface area contributed by atoms with Gasteiger partial charge in [0.15, 0.2) is 0 Å². The van der Waals surface area contributed by atoms with E-state index in [1.807, 2.05) is 37.1 Å². The van der Waals surface area contributed by atoms with Gasteiger partial charge in [-0.1, -0.05) is 23.5 Å². The molecule has 2 aromatic rings. The van der Waals surface area contributed by atoms with Crippen LogP contribution in [0.3, 0.4) is 0 Å². The SMILES string of the molecule is Cc1nnc(N(C)c2cccc(CN)c2)s1. The maximum atomic E-state index is 5.62. The van der Waals surface area contributed by atoms with Crippen LogP contribution in [0.15, 0.2) is 24.3 Å². The zero-order valence-corrected chi connectivity index (χ0v) is 10.2. The van der Waals surface area contributed by atoms with E-state index >= 15 is 0 Å². The fourth-order valence-electron chi connectivity index (χ4n) is 1.42. The molecule has 1 aromatic carbocycles. The van der Waals surface area contributed by atoms with Gasteiger partial charge in [0.1, 0.15) is 5.01 Å². The molecule has 0 spiro atoms. The van der Waals surface area contributed by atoms with Crippen molar-refractivity contribution in [1.29, 1.82) is 0 Å². The maximum Gasteiger partial charge on any atom is 0.212 e. The summed E-state index contributed by atoms with van der Waals surface area (Å²) < 4.78 is 0. The van der Waals surface area contributed by atoms with Crippen molar-refractivity contribution in [2.45, 2.75) is 13.5 Å². The Kier molecular flexibility index (Phi) is 3.17. The third-order valence-electron chi connectivity index (χ3n) is 2.34. The van der Waals surface area contributed by atoms with Gasteiger partial charge in [0.05, 0.1) is 0 Å². The van der Waals surface area contributed by atoms with Crippen molar-refractivity contribution < 1.29 is 0 Å². The van der Waals surface area contributed by atoms with Crippen LogP contribution < -0.4 is 10.6 Å². The van der Waals surface area contributed by atoms with Gasteiger partial charge in [-0.2, -0.15) is 0 Å². The van der Waals surface area contributed by atoms with E-state index in [0.29, 0.717) is 6.54 Å². The number of benzene rings is 1.